The molecule has 1 saturated carbocycles. The van der Waals surface area contributed by atoms with E-state index in [1.54, 1.807) is 30.5 Å². The molecule has 3 amide bonds. The average molecular weight is 669 g/mol. The van der Waals surface area contributed by atoms with E-state index < -0.39 is 23.6 Å². The van der Waals surface area contributed by atoms with Crippen LogP contribution in [0.3, 0.4) is 0 Å². The van der Waals surface area contributed by atoms with E-state index in [0.29, 0.717) is 48.9 Å². The number of H-pyrrole nitrogens is 1. The van der Waals surface area contributed by atoms with Crippen molar-refractivity contribution in [3.8, 4) is 28.4 Å². The summed E-state index contributed by atoms with van der Waals surface area (Å²) in [7, 11) is 0. The van der Waals surface area contributed by atoms with Gasteiger partial charge in [0.25, 0.3) is 5.91 Å². The predicted octanol–water partition coefficient (Wildman–Crippen LogP) is 5.09. The number of hydrogen-bond acceptors (Lipinski definition) is 10. The van der Waals surface area contributed by atoms with E-state index in [1.165, 1.54) is 4.90 Å². The lowest BCUT2D eigenvalue weighted by Crippen LogP contribution is -2.50. The lowest BCUT2D eigenvalue weighted by molar-refractivity contribution is -0.130. The Bertz CT molecular complexity index is 1700. The van der Waals surface area contributed by atoms with Gasteiger partial charge in [-0.1, -0.05) is 24.3 Å². The van der Waals surface area contributed by atoms with Gasteiger partial charge < -0.3 is 20.5 Å². The number of aromatic nitrogens is 5. The van der Waals surface area contributed by atoms with E-state index in [4.69, 9.17) is 15.2 Å². The number of aromatic amines is 1. The average Bonchev–Trinajstić information content (AvgIpc) is 3.63. The number of nitrogens with zero attached hydrogens (tertiary/aromatic N) is 5. The van der Waals surface area contributed by atoms with Gasteiger partial charge in [0, 0.05) is 29.8 Å². The second-order valence-electron chi connectivity index (χ2n) is 13.2. The summed E-state index contributed by atoms with van der Waals surface area (Å²) in [6, 6.07) is 17.4. The number of benzene rings is 2. The standard InChI is InChI=1S/C36H44N8O5/c1-5-48-32-29(7-6-20-38-32)25-12-8-23(9-13-25)21-30(37)34(46)44(28-18-16-26(17-19-28)31-40-42-43-41-31)33(45)27-14-10-24(11-15-27)22-39-35(47)49-36(2,3)4/h6-9,12-13,16-20,24,27,30H,5,10-11,14-15,21-22,37H2,1-4H3,(H,39,47)(H,40,41,42,43)/t24-,27-,30-/m0/s1. The first-order valence-electron chi connectivity index (χ1n) is 16.6. The molecule has 4 N–H and O–H groups in total. The van der Waals surface area contributed by atoms with Crippen LogP contribution < -0.4 is 20.7 Å². The molecule has 4 aromatic rings. The zero-order valence-corrected chi connectivity index (χ0v) is 28.4. The van der Waals surface area contributed by atoms with Crippen molar-refractivity contribution in [2.24, 2.45) is 17.6 Å². The molecule has 0 aliphatic heterocycles. The Kier molecular flexibility index (Phi) is 11.3. The maximum absolute atomic E-state index is 14.1. The van der Waals surface area contributed by atoms with Crippen LogP contribution in [0.15, 0.2) is 66.9 Å². The largest absolute Gasteiger partial charge is 0.478 e. The minimum Gasteiger partial charge on any atom is -0.478 e. The van der Waals surface area contributed by atoms with E-state index in [0.717, 1.165) is 29.5 Å². The highest BCUT2D eigenvalue weighted by molar-refractivity contribution is 6.17. The zero-order valence-electron chi connectivity index (χ0n) is 28.4. The third-order valence-electron chi connectivity index (χ3n) is 8.39. The van der Waals surface area contributed by atoms with Crippen LogP contribution in [0.25, 0.3) is 22.5 Å². The molecule has 13 nitrogen and oxygen atoms in total. The number of nitrogens with one attached hydrogen (secondary N) is 2. The highest BCUT2D eigenvalue weighted by atomic mass is 16.6. The van der Waals surface area contributed by atoms with Crippen molar-refractivity contribution in [2.75, 3.05) is 18.1 Å². The molecule has 0 unspecified atom stereocenters. The fraction of sp³-hybridized carbons (Fsp3) is 0.417. The second-order valence-corrected chi connectivity index (χ2v) is 13.2. The second kappa shape index (κ2) is 15.8. The summed E-state index contributed by atoms with van der Waals surface area (Å²) >= 11 is 0. The molecular weight excluding hydrogens is 624 g/mol. The number of anilines is 1. The summed E-state index contributed by atoms with van der Waals surface area (Å²) in [4.78, 5) is 45.9. The number of alkyl carbamates (subject to hydrolysis) is 1. The number of nitrogens with two attached hydrogens (primary N) is 1. The highest BCUT2D eigenvalue weighted by Crippen LogP contribution is 2.33. The number of ether oxygens (including phenoxy) is 2. The van der Waals surface area contributed by atoms with Crippen molar-refractivity contribution >= 4 is 23.6 Å². The lowest BCUT2D eigenvalue weighted by atomic mass is 9.81. The number of amides is 3. The molecule has 5 rings (SSSR count). The van der Waals surface area contributed by atoms with Gasteiger partial charge in [0.05, 0.1) is 18.3 Å². The summed E-state index contributed by atoms with van der Waals surface area (Å²) in [5.74, 6) is 0.00891. The summed E-state index contributed by atoms with van der Waals surface area (Å²) in [6.07, 6.45) is 4.09. The minimum atomic E-state index is -0.974. The van der Waals surface area contributed by atoms with Crippen molar-refractivity contribution in [2.45, 2.75) is 71.4 Å². The maximum Gasteiger partial charge on any atom is 0.407 e. The summed E-state index contributed by atoms with van der Waals surface area (Å²) in [6.45, 7) is 8.33. The quantitative estimate of drug-likeness (QED) is 0.195. The highest BCUT2D eigenvalue weighted by Gasteiger charge is 2.35. The topological polar surface area (TPSA) is 178 Å². The van der Waals surface area contributed by atoms with E-state index in [-0.39, 0.29) is 24.2 Å². The first-order valence-corrected chi connectivity index (χ1v) is 16.6. The SMILES string of the molecule is CCOc1ncccc1-c1ccc(C[C@H](N)C(=O)N(c2ccc(-c3nn[nH]n3)cc2)C(=O)[C@H]2CC[C@H](CNC(=O)OC(C)(C)C)CC2)cc1. The molecule has 0 spiro atoms. The van der Waals surface area contributed by atoms with Gasteiger partial charge >= 0.3 is 6.09 Å². The fourth-order valence-electron chi connectivity index (χ4n) is 5.93. The van der Waals surface area contributed by atoms with Crippen LogP contribution in [0.2, 0.25) is 0 Å². The van der Waals surface area contributed by atoms with Gasteiger partial charge in [-0.2, -0.15) is 5.21 Å². The van der Waals surface area contributed by atoms with Gasteiger partial charge in [0.2, 0.25) is 17.6 Å². The van der Waals surface area contributed by atoms with E-state index in [2.05, 4.69) is 30.9 Å². The van der Waals surface area contributed by atoms with Crippen LogP contribution in [-0.4, -0.2) is 68.3 Å². The Labute approximate surface area is 286 Å². The molecule has 0 saturated heterocycles. The third-order valence-corrected chi connectivity index (χ3v) is 8.39. The first-order chi connectivity index (χ1) is 23.5. The normalized spacial score (nSPS) is 16.8. The van der Waals surface area contributed by atoms with Gasteiger partial charge in [-0.15, -0.1) is 10.2 Å². The molecule has 0 bridgehead atoms. The third kappa shape index (κ3) is 9.26. The van der Waals surface area contributed by atoms with E-state index in [9.17, 15) is 14.4 Å². The number of carbonyl (C=O) groups is 3. The number of imide groups is 1. The van der Waals surface area contributed by atoms with Crippen molar-refractivity contribution in [1.82, 2.24) is 30.9 Å². The Morgan fingerprint density at radius 3 is 2.33 bits per heavy atom. The molecule has 1 atom stereocenters. The molecule has 1 aliphatic carbocycles. The Balaban J connectivity index is 1.29. The van der Waals surface area contributed by atoms with Crippen LogP contribution in [0.4, 0.5) is 10.5 Å². The van der Waals surface area contributed by atoms with E-state index >= 15 is 0 Å². The summed E-state index contributed by atoms with van der Waals surface area (Å²) in [5, 5.41) is 16.9. The molecule has 49 heavy (non-hydrogen) atoms. The van der Waals surface area contributed by atoms with Crippen LogP contribution in [0.1, 0.15) is 58.9 Å². The fourth-order valence-corrected chi connectivity index (χ4v) is 5.93. The molecule has 2 aromatic carbocycles. The first kappa shape index (κ1) is 35.1. The number of hydrogen-bond donors (Lipinski definition) is 3. The molecule has 0 radical (unpaired) electrons. The van der Waals surface area contributed by atoms with Gasteiger partial charge in [-0.3, -0.25) is 9.59 Å². The van der Waals surface area contributed by atoms with Crippen LogP contribution in [-0.2, 0) is 20.7 Å². The Morgan fingerprint density at radius 1 is 1.00 bits per heavy atom. The molecular formula is C36H44N8O5. The van der Waals surface area contributed by atoms with Crippen molar-refractivity contribution < 1.29 is 23.9 Å². The van der Waals surface area contributed by atoms with Crippen molar-refractivity contribution in [1.29, 1.82) is 0 Å². The Hall–Kier alpha value is -5.17. The van der Waals surface area contributed by atoms with Gasteiger partial charge in [0.15, 0.2) is 0 Å². The van der Waals surface area contributed by atoms with Crippen molar-refractivity contribution in [3.05, 3.63) is 72.4 Å². The van der Waals surface area contributed by atoms with Crippen molar-refractivity contribution in [3.63, 3.8) is 0 Å². The van der Waals surface area contributed by atoms with Crippen LogP contribution in [0, 0.1) is 11.8 Å². The smallest absolute Gasteiger partial charge is 0.407 e. The van der Waals surface area contributed by atoms with Crippen LogP contribution >= 0.6 is 0 Å². The summed E-state index contributed by atoms with van der Waals surface area (Å²) in [5.41, 5.74) is 9.72. The Morgan fingerprint density at radius 2 is 1.69 bits per heavy atom. The molecule has 1 fully saturated rings. The van der Waals surface area contributed by atoms with E-state index in [1.807, 2.05) is 64.1 Å². The number of rotatable bonds is 11. The number of carbonyl (C=O) groups excluding carboxylic acids is 3. The molecule has 13 heteroatoms. The molecule has 1 aliphatic rings. The molecule has 2 aromatic heterocycles. The van der Waals surface area contributed by atoms with Gasteiger partial charge in [0.1, 0.15) is 5.60 Å². The summed E-state index contributed by atoms with van der Waals surface area (Å²) < 4.78 is 11.0. The number of tetrazole rings is 1. The maximum atomic E-state index is 14.1. The zero-order chi connectivity index (χ0) is 35.0. The number of pyridine rings is 1. The predicted molar refractivity (Wildman–Crippen MR) is 184 cm³/mol. The monoisotopic (exact) mass is 668 g/mol. The molecule has 2 heterocycles. The molecule has 258 valence electrons. The lowest BCUT2D eigenvalue weighted by Gasteiger charge is -2.32. The van der Waals surface area contributed by atoms with Gasteiger partial charge in [-0.25, -0.2) is 14.7 Å². The minimum absolute atomic E-state index is 0.205. The van der Waals surface area contributed by atoms with Gasteiger partial charge in [-0.05, 0) is 118 Å². The van der Waals surface area contributed by atoms with Crippen LogP contribution in [0.5, 0.6) is 5.88 Å².